The van der Waals surface area contributed by atoms with Crippen LogP contribution in [0.4, 0.5) is 5.82 Å². The van der Waals surface area contributed by atoms with Crippen molar-refractivity contribution in [2.45, 2.75) is 25.9 Å². The Balaban J connectivity index is 2.72. The van der Waals surface area contributed by atoms with E-state index in [4.69, 9.17) is 4.74 Å². The van der Waals surface area contributed by atoms with E-state index >= 15 is 0 Å². The van der Waals surface area contributed by atoms with Crippen molar-refractivity contribution < 1.29 is 4.74 Å². The molecule has 0 radical (unpaired) electrons. The fourth-order valence-electron chi connectivity index (χ4n) is 2.15. The highest BCUT2D eigenvalue weighted by Gasteiger charge is 2.16. The Hall–Kier alpha value is -0.780. The van der Waals surface area contributed by atoms with E-state index < -0.39 is 0 Å². The lowest BCUT2D eigenvalue weighted by Crippen LogP contribution is -2.35. The number of pyridine rings is 1. The lowest BCUT2D eigenvalue weighted by atomic mass is 10.2. The summed E-state index contributed by atoms with van der Waals surface area (Å²) in [5.41, 5.74) is 1.24. The normalized spacial score (nSPS) is 12.4. The molecule has 1 rings (SSSR count). The van der Waals surface area contributed by atoms with Gasteiger partial charge in [-0.25, -0.2) is 4.98 Å². The van der Waals surface area contributed by atoms with Gasteiger partial charge < -0.3 is 15.0 Å². The van der Waals surface area contributed by atoms with Crippen LogP contribution in [-0.2, 0) is 11.3 Å². The topological polar surface area (TPSA) is 37.4 Å². The molecular formula is C15H27N3OS. The van der Waals surface area contributed by atoms with E-state index in [1.54, 1.807) is 7.11 Å². The summed E-state index contributed by atoms with van der Waals surface area (Å²) < 4.78 is 5.05. The van der Waals surface area contributed by atoms with E-state index in [1.165, 1.54) is 5.56 Å². The minimum Gasteiger partial charge on any atom is -0.383 e. The van der Waals surface area contributed by atoms with Crippen molar-refractivity contribution in [2.24, 2.45) is 0 Å². The fourth-order valence-corrected chi connectivity index (χ4v) is 3.00. The molecule has 5 heteroatoms. The Morgan fingerprint density at radius 1 is 1.50 bits per heavy atom. The van der Waals surface area contributed by atoms with Crippen LogP contribution in [0.1, 0.15) is 18.9 Å². The molecule has 1 aromatic heterocycles. The van der Waals surface area contributed by atoms with Crippen LogP contribution < -0.4 is 10.2 Å². The molecule has 1 heterocycles. The molecule has 0 fully saturated rings. The highest BCUT2D eigenvalue weighted by Crippen LogP contribution is 2.20. The van der Waals surface area contributed by atoms with Gasteiger partial charge in [0.15, 0.2) is 0 Å². The molecule has 114 valence electrons. The summed E-state index contributed by atoms with van der Waals surface area (Å²) in [4.78, 5) is 6.88. The summed E-state index contributed by atoms with van der Waals surface area (Å²) in [6, 6.07) is 4.67. The molecule has 1 atom stereocenters. The summed E-state index contributed by atoms with van der Waals surface area (Å²) >= 11 is 1.89. The molecular weight excluding hydrogens is 270 g/mol. The molecule has 0 saturated heterocycles. The first-order valence-electron chi connectivity index (χ1n) is 7.09. The highest BCUT2D eigenvalue weighted by molar-refractivity contribution is 7.98. The van der Waals surface area contributed by atoms with E-state index in [0.717, 1.165) is 37.7 Å². The predicted octanol–water partition coefficient (Wildman–Crippen LogP) is 2.40. The maximum atomic E-state index is 5.05. The third-order valence-corrected chi connectivity index (χ3v) is 4.10. The number of ether oxygens (including phenoxy) is 1. The zero-order valence-corrected chi connectivity index (χ0v) is 13.9. The molecule has 0 aliphatic heterocycles. The zero-order valence-electron chi connectivity index (χ0n) is 13.1. The van der Waals surface area contributed by atoms with E-state index in [1.807, 2.05) is 24.0 Å². The van der Waals surface area contributed by atoms with Gasteiger partial charge in [0.1, 0.15) is 5.82 Å². The third kappa shape index (κ3) is 5.31. The van der Waals surface area contributed by atoms with Crippen molar-refractivity contribution in [3.63, 3.8) is 0 Å². The molecule has 0 aliphatic carbocycles. The monoisotopic (exact) mass is 297 g/mol. The van der Waals surface area contributed by atoms with Gasteiger partial charge in [-0.2, -0.15) is 11.8 Å². The molecule has 0 amide bonds. The number of methoxy groups -OCH3 is 1. The Bertz CT molecular complexity index is 376. The lowest BCUT2D eigenvalue weighted by molar-refractivity contribution is 0.199. The maximum absolute atomic E-state index is 5.05. The molecule has 20 heavy (non-hydrogen) atoms. The van der Waals surface area contributed by atoms with E-state index in [9.17, 15) is 0 Å². The average molecular weight is 297 g/mol. The smallest absolute Gasteiger partial charge is 0.133 e. The van der Waals surface area contributed by atoms with Crippen LogP contribution in [0.15, 0.2) is 18.3 Å². The lowest BCUT2D eigenvalue weighted by Gasteiger charge is -2.29. The first kappa shape index (κ1) is 17.3. The molecule has 0 spiro atoms. The van der Waals surface area contributed by atoms with Gasteiger partial charge >= 0.3 is 0 Å². The standard InChI is InChI=1S/C15H27N3OS/c1-5-14(12-20-4)18(2)15-13(7-6-8-17-15)11-16-9-10-19-3/h6-8,14,16H,5,9-12H2,1-4H3. The number of nitrogens with one attached hydrogen (secondary N) is 1. The van der Waals surface area contributed by atoms with Crippen molar-refractivity contribution in [1.29, 1.82) is 0 Å². The largest absolute Gasteiger partial charge is 0.383 e. The average Bonchev–Trinajstić information content (AvgIpc) is 2.49. The number of nitrogens with zero attached hydrogens (tertiary/aromatic N) is 2. The number of anilines is 1. The van der Waals surface area contributed by atoms with Gasteiger partial charge in [0.2, 0.25) is 0 Å². The second kappa shape index (κ2) is 10.0. The maximum Gasteiger partial charge on any atom is 0.133 e. The second-order valence-corrected chi connectivity index (χ2v) is 5.69. The van der Waals surface area contributed by atoms with Crippen molar-refractivity contribution in [3.8, 4) is 0 Å². The number of rotatable bonds is 10. The van der Waals surface area contributed by atoms with Crippen molar-refractivity contribution in [3.05, 3.63) is 23.9 Å². The molecule has 0 aliphatic rings. The first-order valence-corrected chi connectivity index (χ1v) is 8.49. The predicted molar refractivity (Wildman–Crippen MR) is 88.7 cm³/mol. The van der Waals surface area contributed by atoms with Gasteiger partial charge in [0, 0.05) is 50.8 Å². The van der Waals surface area contributed by atoms with Gasteiger partial charge in [0.05, 0.1) is 6.61 Å². The third-order valence-electron chi connectivity index (χ3n) is 3.38. The highest BCUT2D eigenvalue weighted by atomic mass is 32.2. The SMILES string of the molecule is CCC(CSC)N(C)c1ncccc1CNCCOC. The van der Waals surface area contributed by atoms with Crippen molar-refractivity contribution in [2.75, 3.05) is 44.2 Å². The molecule has 0 saturated carbocycles. The van der Waals surface area contributed by atoms with Gasteiger partial charge in [-0.1, -0.05) is 13.0 Å². The summed E-state index contributed by atoms with van der Waals surface area (Å²) in [6.45, 7) is 4.65. The van der Waals surface area contributed by atoms with Gasteiger partial charge in [-0.05, 0) is 18.7 Å². The zero-order chi connectivity index (χ0) is 14.8. The van der Waals surface area contributed by atoms with Crippen LogP contribution in [-0.4, -0.2) is 50.3 Å². The number of hydrogen-bond donors (Lipinski definition) is 1. The van der Waals surface area contributed by atoms with E-state index in [-0.39, 0.29) is 0 Å². The van der Waals surface area contributed by atoms with Crippen molar-refractivity contribution >= 4 is 17.6 Å². The molecule has 1 N–H and O–H groups in total. The summed E-state index contributed by atoms with van der Waals surface area (Å²) in [5.74, 6) is 2.21. The van der Waals surface area contributed by atoms with Crippen LogP contribution in [0.5, 0.6) is 0 Å². The number of aromatic nitrogens is 1. The van der Waals surface area contributed by atoms with Crippen molar-refractivity contribution in [1.82, 2.24) is 10.3 Å². The van der Waals surface area contributed by atoms with Crippen LogP contribution in [0, 0.1) is 0 Å². The molecule has 0 bridgehead atoms. The summed E-state index contributed by atoms with van der Waals surface area (Å²) in [7, 11) is 3.87. The summed E-state index contributed by atoms with van der Waals surface area (Å²) in [5, 5.41) is 3.39. The number of thioether (sulfide) groups is 1. The molecule has 0 aromatic carbocycles. The first-order chi connectivity index (χ1) is 9.74. The Labute approximate surface area is 127 Å². The van der Waals surface area contributed by atoms with Gasteiger partial charge in [-0.15, -0.1) is 0 Å². The van der Waals surface area contributed by atoms with Gasteiger partial charge in [-0.3, -0.25) is 0 Å². The van der Waals surface area contributed by atoms with E-state index in [0.29, 0.717) is 6.04 Å². The van der Waals surface area contributed by atoms with Crippen LogP contribution >= 0.6 is 11.8 Å². The second-order valence-electron chi connectivity index (χ2n) is 4.78. The Kier molecular flexibility index (Phi) is 8.65. The Morgan fingerprint density at radius 3 is 2.95 bits per heavy atom. The van der Waals surface area contributed by atoms with Crippen LogP contribution in [0.3, 0.4) is 0 Å². The summed E-state index contributed by atoms with van der Waals surface area (Å²) in [6.07, 6.45) is 5.16. The quantitative estimate of drug-likeness (QED) is 0.671. The molecule has 1 aromatic rings. The Morgan fingerprint density at radius 2 is 2.30 bits per heavy atom. The van der Waals surface area contributed by atoms with Crippen LogP contribution in [0.2, 0.25) is 0 Å². The number of hydrogen-bond acceptors (Lipinski definition) is 5. The molecule has 1 unspecified atom stereocenters. The molecule has 4 nitrogen and oxygen atoms in total. The van der Waals surface area contributed by atoms with Gasteiger partial charge in [0.25, 0.3) is 0 Å². The van der Waals surface area contributed by atoms with Crippen LogP contribution in [0.25, 0.3) is 0 Å². The minimum absolute atomic E-state index is 0.526. The minimum atomic E-state index is 0.526. The fraction of sp³-hybridized carbons (Fsp3) is 0.667. The van der Waals surface area contributed by atoms with E-state index in [2.05, 4.69) is 41.5 Å².